The Morgan fingerprint density at radius 1 is 1.55 bits per heavy atom. The molecular weight excluding hydrogens is 327 g/mol. The van der Waals surface area contributed by atoms with E-state index in [4.69, 9.17) is 5.73 Å². The number of halogens is 2. The summed E-state index contributed by atoms with van der Waals surface area (Å²) in [5.74, 6) is -0.0567. The molecule has 2 N–H and O–H groups in total. The fraction of sp³-hybridized carbons (Fsp3) is 0.231. The Kier molecular flexibility index (Phi) is 4.08. The third-order valence-electron chi connectivity index (χ3n) is 2.96. The summed E-state index contributed by atoms with van der Waals surface area (Å²) in [6.45, 7) is 0.353. The van der Waals surface area contributed by atoms with Crippen molar-refractivity contribution in [1.29, 1.82) is 0 Å². The summed E-state index contributed by atoms with van der Waals surface area (Å²) in [6, 6.07) is 2.52. The molecule has 1 aromatic heterocycles. The van der Waals surface area contributed by atoms with Gasteiger partial charge in [0.1, 0.15) is 11.6 Å². The normalized spacial score (nSPS) is 10.6. The van der Waals surface area contributed by atoms with Gasteiger partial charge in [0.25, 0.3) is 5.91 Å². The molecular formula is C13H14BrFN4O. The van der Waals surface area contributed by atoms with Crippen LogP contribution < -0.4 is 5.73 Å². The van der Waals surface area contributed by atoms with Crippen LogP contribution in [0.1, 0.15) is 16.2 Å². The zero-order chi connectivity index (χ0) is 14.9. The molecule has 0 spiro atoms. The minimum atomic E-state index is -0.555. The van der Waals surface area contributed by atoms with E-state index in [0.29, 0.717) is 16.6 Å². The van der Waals surface area contributed by atoms with Crippen molar-refractivity contribution in [2.24, 2.45) is 7.05 Å². The molecule has 0 aliphatic carbocycles. The molecule has 0 fully saturated rings. The topological polar surface area (TPSA) is 64.2 Å². The number of carbonyl (C=O) groups is 1. The van der Waals surface area contributed by atoms with Gasteiger partial charge in [0.2, 0.25) is 0 Å². The summed E-state index contributed by atoms with van der Waals surface area (Å²) in [4.78, 5) is 18.0. The van der Waals surface area contributed by atoms with Crippen LogP contribution in [0.4, 0.5) is 10.1 Å². The molecule has 2 rings (SSSR count). The van der Waals surface area contributed by atoms with Crippen molar-refractivity contribution in [1.82, 2.24) is 14.5 Å². The Hall–Kier alpha value is -1.89. The molecule has 0 aliphatic rings. The number of rotatable bonds is 3. The summed E-state index contributed by atoms with van der Waals surface area (Å²) >= 11 is 3.18. The molecule has 106 valence electrons. The SMILES string of the molecule is CN(Cc1nccn1C)C(=O)c1cc(N)c(F)cc1Br. The maximum Gasteiger partial charge on any atom is 0.255 e. The number of amides is 1. The van der Waals surface area contributed by atoms with Gasteiger partial charge < -0.3 is 15.2 Å². The van der Waals surface area contributed by atoms with Crippen LogP contribution in [0.15, 0.2) is 29.0 Å². The van der Waals surface area contributed by atoms with E-state index in [-0.39, 0.29) is 11.6 Å². The number of nitrogens with zero attached hydrogens (tertiary/aromatic N) is 3. The second-order valence-electron chi connectivity index (χ2n) is 4.47. The highest BCUT2D eigenvalue weighted by atomic mass is 79.9. The van der Waals surface area contributed by atoms with Gasteiger partial charge in [-0.05, 0) is 28.1 Å². The van der Waals surface area contributed by atoms with Gasteiger partial charge in [-0.3, -0.25) is 4.79 Å². The second kappa shape index (κ2) is 5.62. The molecule has 0 saturated carbocycles. The van der Waals surface area contributed by atoms with E-state index in [0.717, 1.165) is 5.82 Å². The van der Waals surface area contributed by atoms with Crippen molar-refractivity contribution in [3.63, 3.8) is 0 Å². The maximum atomic E-state index is 13.3. The number of nitrogens with two attached hydrogens (primary N) is 1. The van der Waals surface area contributed by atoms with Gasteiger partial charge in [0.15, 0.2) is 0 Å². The number of benzene rings is 1. The van der Waals surface area contributed by atoms with Crippen molar-refractivity contribution in [2.75, 3.05) is 12.8 Å². The molecule has 0 radical (unpaired) electrons. The Bertz CT molecular complexity index is 656. The largest absolute Gasteiger partial charge is 0.396 e. The molecule has 2 aromatic rings. The number of aryl methyl sites for hydroxylation is 1. The van der Waals surface area contributed by atoms with E-state index in [9.17, 15) is 9.18 Å². The van der Waals surface area contributed by atoms with Gasteiger partial charge in [0, 0.05) is 31.0 Å². The third-order valence-corrected chi connectivity index (χ3v) is 3.62. The van der Waals surface area contributed by atoms with Crippen LogP contribution in [0.5, 0.6) is 0 Å². The molecule has 0 bridgehead atoms. The minimum Gasteiger partial charge on any atom is -0.396 e. The molecule has 1 heterocycles. The molecule has 0 saturated heterocycles. The predicted octanol–water partition coefficient (Wildman–Crippen LogP) is 2.18. The average molecular weight is 341 g/mol. The number of aromatic nitrogens is 2. The van der Waals surface area contributed by atoms with Crippen molar-refractivity contribution < 1.29 is 9.18 Å². The van der Waals surface area contributed by atoms with Crippen molar-refractivity contribution in [3.05, 3.63) is 46.2 Å². The highest BCUT2D eigenvalue weighted by Gasteiger charge is 2.18. The smallest absolute Gasteiger partial charge is 0.255 e. The number of hydrogen-bond donors (Lipinski definition) is 1. The average Bonchev–Trinajstić information content (AvgIpc) is 2.78. The van der Waals surface area contributed by atoms with Gasteiger partial charge in [-0.2, -0.15) is 0 Å². The number of imidazole rings is 1. The predicted molar refractivity (Wildman–Crippen MR) is 77.5 cm³/mol. The lowest BCUT2D eigenvalue weighted by Gasteiger charge is -2.18. The van der Waals surface area contributed by atoms with Crippen LogP contribution in [0, 0.1) is 5.82 Å². The van der Waals surface area contributed by atoms with Gasteiger partial charge in [-0.15, -0.1) is 0 Å². The lowest BCUT2D eigenvalue weighted by molar-refractivity contribution is 0.0779. The fourth-order valence-electron chi connectivity index (χ4n) is 1.77. The monoisotopic (exact) mass is 340 g/mol. The number of carbonyl (C=O) groups excluding carboxylic acids is 1. The highest BCUT2D eigenvalue weighted by Crippen LogP contribution is 2.24. The van der Waals surface area contributed by atoms with Crippen LogP contribution in [0.3, 0.4) is 0 Å². The lowest BCUT2D eigenvalue weighted by atomic mass is 10.1. The van der Waals surface area contributed by atoms with Gasteiger partial charge in [-0.25, -0.2) is 9.37 Å². The van der Waals surface area contributed by atoms with E-state index >= 15 is 0 Å². The van der Waals surface area contributed by atoms with E-state index in [1.807, 2.05) is 11.6 Å². The second-order valence-corrected chi connectivity index (χ2v) is 5.32. The Labute approximate surface area is 124 Å². The molecule has 20 heavy (non-hydrogen) atoms. The quantitative estimate of drug-likeness (QED) is 0.871. The van der Waals surface area contributed by atoms with Crippen LogP contribution in [0.2, 0.25) is 0 Å². The number of hydrogen-bond acceptors (Lipinski definition) is 3. The van der Waals surface area contributed by atoms with Crippen LogP contribution in [0.25, 0.3) is 0 Å². The first-order valence-electron chi connectivity index (χ1n) is 5.86. The Morgan fingerprint density at radius 3 is 2.85 bits per heavy atom. The Morgan fingerprint density at radius 2 is 2.25 bits per heavy atom. The van der Waals surface area contributed by atoms with E-state index < -0.39 is 5.82 Å². The van der Waals surface area contributed by atoms with E-state index in [2.05, 4.69) is 20.9 Å². The molecule has 0 atom stereocenters. The van der Waals surface area contributed by atoms with Gasteiger partial charge in [-0.1, -0.05) is 0 Å². The van der Waals surface area contributed by atoms with Gasteiger partial charge >= 0.3 is 0 Å². The summed E-state index contributed by atoms with van der Waals surface area (Å²) in [5, 5.41) is 0. The first kappa shape index (κ1) is 14.5. The third kappa shape index (κ3) is 2.82. The van der Waals surface area contributed by atoms with E-state index in [1.165, 1.54) is 17.0 Å². The molecule has 0 unspecified atom stereocenters. The number of nitrogen functional groups attached to an aromatic ring is 1. The first-order chi connectivity index (χ1) is 9.40. The Balaban J connectivity index is 2.23. The summed E-state index contributed by atoms with van der Waals surface area (Å²) in [6.07, 6.45) is 3.47. The zero-order valence-corrected chi connectivity index (χ0v) is 12.7. The standard InChI is InChI=1S/C13H14BrFN4O/c1-18-4-3-17-12(18)7-19(2)13(20)8-5-11(16)10(15)6-9(8)14/h3-6H,7,16H2,1-2H3. The first-order valence-corrected chi connectivity index (χ1v) is 6.65. The molecule has 1 amide bonds. The summed E-state index contributed by atoms with van der Waals surface area (Å²) < 4.78 is 15.5. The maximum absolute atomic E-state index is 13.3. The number of anilines is 1. The fourth-order valence-corrected chi connectivity index (χ4v) is 2.25. The lowest BCUT2D eigenvalue weighted by Crippen LogP contribution is -2.28. The van der Waals surface area contributed by atoms with Crippen LogP contribution in [-0.2, 0) is 13.6 Å². The van der Waals surface area contributed by atoms with Crippen LogP contribution in [-0.4, -0.2) is 27.4 Å². The molecule has 1 aromatic carbocycles. The van der Waals surface area contributed by atoms with Crippen molar-refractivity contribution in [3.8, 4) is 0 Å². The summed E-state index contributed by atoms with van der Waals surface area (Å²) in [7, 11) is 3.51. The van der Waals surface area contributed by atoms with Crippen molar-refractivity contribution in [2.45, 2.75) is 6.54 Å². The summed E-state index contributed by atoms with van der Waals surface area (Å²) in [5.41, 5.74) is 5.77. The molecule has 0 aliphatic heterocycles. The van der Waals surface area contributed by atoms with Crippen LogP contribution >= 0.6 is 15.9 Å². The minimum absolute atomic E-state index is 0.0538. The van der Waals surface area contributed by atoms with Gasteiger partial charge in [0.05, 0.1) is 17.8 Å². The molecule has 7 heteroatoms. The molecule has 5 nitrogen and oxygen atoms in total. The highest BCUT2D eigenvalue weighted by molar-refractivity contribution is 9.10. The van der Waals surface area contributed by atoms with E-state index in [1.54, 1.807) is 19.4 Å². The zero-order valence-electron chi connectivity index (χ0n) is 11.1. The van der Waals surface area contributed by atoms with Crippen molar-refractivity contribution >= 4 is 27.5 Å².